The van der Waals surface area contributed by atoms with Crippen molar-refractivity contribution in [3.8, 4) is 0 Å². The lowest BCUT2D eigenvalue weighted by molar-refractivity contribution is -0.127. The number of aliphatic hydroxyl groups excluding tert-OH is 2. The molecule has 4 aliphatic carbocycles. The molecule has 178 valence electrons. The average molecular weight is 433 g/mol. The highest BCUT2D eigenvalue weighted by Crippen LogP contribution is 2.67. The quantitative estimate of drug-likeness (QED) is 0.563. The first-order valence-electron chi connectivity index (χ1n) is 13.9. The molecule has 5 unspecified atom stereocenters. The third kappa shape index (κ3) is 4.03. The van der Waals surface area contributed by atoms with Gasteiger partial charge in [-0.05, 0) is 130 Å². The van der Waals surface area contributed by atoms with Crippen LogP contribution in [0.5, 0.6) is 0 Å². The van der Waals surface area contributed by atoms with Crippen LogP contribution in [0.25, 0.3) is 0 Å². The van der Waals surface area contributed by atoms with Crippen molar-refractivity contribution in [3.63, 3.8) is 0 Å². The van der Waals surface area contributed by atoms with Gasteiger partial charge in [0.05, 0.1) is 12.2 Å². The molecule has 0 amide bonds. The van der Waals surface area contributed by atoms with Crippen LogP contribution in [0.4, 0.5) is 0 Å². The standard InChI is InChI=1S/C28H48O3/c1-27-15-11-25-23(8-6-21-18-22(29)10-14-28(21,25)2)24(27)9-7-20(27)4-3-5-26(30)19-12-16-31-17-13-19/h19-26,29-30H,3-18H2,1-2H3/t20?,21-,22+,23+,24?,25?,26?,27?,28+/m1/s1. The maximum absolute atomic E-state index is 10.7. The monoisotopic (exact) mass is 432 g/mol. The van der Waals surface area contributed by atoms with Gasteiger partial charge in [-0.25, -0.2) is 0 Å². The highest BCUT2D eigenvalue weighted by Gasteiger charge is 2.59. The van der Waals surface area contributed by atoms with Crippen molar-refractivity contribution in [1.82, 2.24) is 0 Å². The summed E-state index contributed by atoms with van der Waals surface area (Å²) in [5.41, 5.74) is 1.04. The van der Waals surface area contributed by atoms with Crippen molar-refractivity contribution in [2.45, 2.75) is 116 Å². The molecule has 5 rings (SSSR count). The molecule has 31 heavy (non-hydrogen) atoms. The summed E-state index contributed by atoms with van der Waals surface area (Å²) in [6.07, 6.45) is 17.4. The Hall–Kier alpha value is -0.120. The third-order valence-electron chi connectivity index (χ3n) is 11.7. The van der Waals surface area contributed by atoms with Gasteiger partial charge >= 0.3 is 0 Å². The molecule has 1 saturated heterocycles. The second kappa shape index (κ2) is 8.91. The Kier molecular flexibility index (Phi) is 6.52. The van der Waals surface area contributed by atoms with Gasteiger partial charge in [0.25, 0.3) is 0 Å². The van der Waals surface area contributed by atoms with Gasteiger partial charge in [0.2, 0.25) is 0 Å². The van der Waals surface area contributed by atoms with E-state index < -0.39 is 0 Å². The summed E-state index contributed by atoms with van der Waals surface area (Å²) >= 11 is 0. The summed E-state index contributed by atoms with van der Waals surface area (Å²) in [4.78, 5) is 0. The first-order chi connectivity index (χ1) is 14.9. The van der Waals surface area contributed by atoms with Crippen molar-refractivity contribution in [2.24, 2.45) is 46.3 Å². The smallest absolute Gasteiger partial charge is 0.0570 e. The molecule has 9 atom stereocenters. The van der Waals surface area contributed by atoms with Gasteiger partial charge in [0.15, 0.2) is 0 Å². The second-order valence-electron chi connectivity index (χ2n) is 12.9. The van der Waals surface area contributed by atoms with E-state index in [1.165, 1.54) is 57.8 Å². The fraction of sp³-hybridized carbons (Fsp3) is 1.00. The van der Waals surface area contributed by atoms with Gasteiger partial charge in [-0.15, -0.1) is 0 Å². The number of hydrogen-bond acceptors (Lipinski definition) is 3. The van der Waals surface area contributed by atoms with Crippen LogP contribution in [0.2, 0.25) is 0 Å². The van der Waals surface area contributed by atoms with E-state index in [0.717, 1.165) is 74.9 Å². The SMILES string of the molecule is CC12CCC3[C@@H](CC[C@@H]4C[C@@H](O)CC[C@]34C)C1CCC2CCCC(O)C1CCOCC1. The highest BCUT2D eigenvalue weighted by atomic mass is 16.5. The van der Waals surface area contributed by atoms with Crippen LogP contribution < -0.4 is 0 Å². The molecule has 0 bridgehead atoms. The van der Waals surface area contributed by atoms with Crippen LogP contribution in [0.1, 0.15) is 104 Å². The number of rotatable bonds is 5. The molecule has 0 radical (unpaired) electrons. The van der Waals surface area contributed by atoms with E-state index in [1.54, 1.807) is 0 Å². The maximum atomic E-state index is 10.7. The minimum atomic E-state index is -0.110. The lowest BCUT2D eigenvalue weighted by atomic mass is 9.44. The number of ether oxygens (including phenoxy) is 1. The Balaban J connectivity index is 1.19. The van der Waals surface area contributed by atoms with Gasteiger partial charge in [0.1, 0.15) is 0 Å². The van der Waals surface area contributed by atoms with Crippen LogP contribution in [0, 0.1) is 46.3 Å². The van der Waals surface area contributed by atoms with Crippen molar-refractivity contribution in [2.75, 3.05) is 13.2 Å². The Morgan fingerprint density at radius 1 is 0.871 bits per heavy atom. The molecule has 1 aliphatic heterocycles. The molecule has 0 aromatic rings. The van der Waals surface area contributed by atoms with E-state index in [4.69, 9.17) is 4.74 Å². The van der Waals surface area contributed by atoms with Crippen LogP contribution in [-0.4, -0.2) is 35.6 Å². The molecule has 0 aromatic heterocycles. The van der Waals surface area contributed by atoms with Crippen molar-refractivity contribution >= 4 is 0 Å². The Labute approximate surface area is 190 Å². The summed E-state index contributed by atoms with van der Waals surface area (Å²) < 4.78 is 5.47. The van der Waals surface area contributed by atoms with E-state index >= 15 is 0 Å². The van der Waals surface area contributed by atoms with E-state index in [-0.39, 0.29) is 12.2 Å². The van der Waals surface area contributed by atoms with Crippen LogP contribution >= 0.6 is 0 Å². The first-order valence-corrected chi connectivity index (χ1v) is 13.9. The number of hydrogen-bond donors (Lipinski definition) is 2. The molecule has 0 aromatic carbocycles. The average Bonchev–Trinajstić information content (AvgIpc) is 3.11. The zero-order valence-corrected chi connectivity index (χ0v) is 20.2. The molecule has 5 aliphatic rings. The topological polar surface area (TPSA) is 49.7 Å². The van der Waals surface area contributed by atoms with Gasteiger partial charge in [-0.1, -0.05) is 20.3 Å². The number of fused-ring (bicyclic) bond motifs is 5. The zero-order chi connectivity index (χ0) is 21.6. The fourth-order valence-corrected chi connectivity index (χ4v) is 9.73. The first kappa shape index (κ1) is 22.7. The normalized spacial score (nSPS) is 49.2. The Morgan fingerprint density at radius 3 is 2.42 bits per heavy atom. The van der Waals surface area contributed by atoms with Gasteiger partial charge in [0, 0.05) is 13.2 Å². The van der Waals surface area contributed by atoms with E-state index in [1.807, 2.05) is 0 Å². The van der Waals surface area contributed by atoms with Crippen LogP contribution in [-0.2, 0) is 4.74 Å². The predicted molar refractivity (Wildman–Crippen MR) is 125 cm³/mol. The molecule has 3 nitrogen and oxygen atoms in total. The maximum Gasteiger partial charge on any atom is 0.0570 e. The van der Waals surface area contributed by atoms with E-state index in [0.29, 0.717) is 16.7 Å². The lowest BCUT2D eigenvalue weighted by Gasteiger charge is -2.61. The molecule has 5 fully saturated rings. The van der Waals surface area contributed by atoms with Gasteiger partial charge in [-0.3, -0.25) is 0 Å². The Morgan fingerprint density at radius 2 is 1.61 bits per heavy atom. The van der Waals surface area contributed by atoms with Gasteiger partial charge < -0.3 is 14.9 Å². The molecule has 1 heterocycles. The molecular formula is C28H48O3. The minimum absolute atomic E-state index is 0.0316. The Bertz CT molecular complexity index is 615. The van der Waals surface area contributed by atoms with Gasteiger partial charge in [-0.2, -0.15) is 0 Å². The van der Waals surface area contributed by atoms with Crippen LogP contribution in [0.3, 0.4) is 0 Å². The number of aliphatic hydroxyl groups is 2. The van der Waals surface area contributed by atoms with Crippen molar-refractivity contribution in [1.29, 1.82) is 0 Å². The second-order valence-corrected chi connectivity index (χ2v) is 12.9. The molecular weight excluding hydrogens is 384 g/mol. The predicted octanol–water partition coefficient (Wildman–Crippen LogP) is 5.96. The molecule has 2 N–H and O–H groups in total. The summed E-state index contributed by atoms with van der Waals surface area (Å²) in [7, 11) is 0. The summed E-state index contributed by atoms with van der Waals surface area (Å²) in [5.74, 6) is 4.89. The lowest BCUT2D eigenvalue weighted by Crippen LogP contribution is -2.53. The van der Waals surface area contributed by atoms with Crippen molar-refractivity contribution < 1.29 is 14.9 Å². The fourth-order valence-electron chi connectivity index (χ4n) is 9.73. The minimum Gasteiger partial charge on any atom is -0.393 e. The molecule has 0 spiro atoms. The molecule has 3 heteroatoms. The van der Waals surface area contributed by atoms with Crippen LogP contribution in [0.15, 0.2) is 0 Å². The zero-order valence-electron chi connectivity index (χ0n) is 20.2. The largest absolute Gasteiger partial charge is 0.393 e. The van der Waals surface area contributed by atoms with E-state index in [2.05, 4.69) is 13.8 Å². The van der Waals surface area contributed by atoms with Crippen molar-refractivity contribution in [3.05, 3.63) is 0 Å². The summed E-state index contributed by atoms with van der Waals surface area (Å²) in [6, 6.07) is 0. The van der Waals surface area contributed by atoms with E-state index in [9.17, 15) is 10.2 Å². The summed E-state index contributed by atoms with van der Waals surface area (Å²) in [6.45, 7) is 6.93. The third-order valence-corrected chi connectivity index (χ3v) is 11.7. The summed E-state index contributed by atoms with van der Waals surface area (Å²) in [5, 5.41) is 20.9. The molecule has 4 saturated carbocycles. The highest BCUT2D eigenvalue weighted by molar-refractivity contribution is 5.09.